The largest absolute Gasteiger partial charge is 0.364 e. The second-order valence-corrected chi connectivity index (χ2v) is 3.96. The van der Waals surface area contributed by atoms with E-state index in [1.165, 1.54) is 6.26 Å². The van der Waals surface area contributed by atoms with E-state index in [1.54, 1.807) is 6.07 Å². The van der Waals surface area contributed by atoms with Crippen molar-refractivity contribution >= 4 is 11.6 Å². The molecule has 1 aromatic heterocycles. The summed E-state index contributed by atoms with van der Waals surface area (Å²) in [7, 11) is 0. The van der Waals surface area contributed by atoms with Crippen molar-refractivity contribution in [2.75, 3.05) is 5.32 Å². The van der Waals surface area contributed by atoms with Crippen molar-refractivity contribution in [3.63, 3.8) is 0 Å². The topological polar surface area (TPSA) is 55.1 Å². The minimum Gasteiger partial charge on any atom is -0.364 e. The van der Waals surface area contributed by atoms with E-state index < -0.39 is 0 Å². The predicted octanol–water partition coefficient (Wildman–Crippen LogP) is 2.47. The zero-order valence-corrected chi connectivity index (χ0v) is 9.86. The molecular weight excluding hydrogens is 216 g/mol. The average Bonchev–Trinajstić information content (AvgIpc) is 2.77. The fourth-order valence-corrected chi connectivity index (χ4v) is 1.57. The Kier molecular flexibility index (Phi) is 3.23. The summed E-state index contributed by atoms with van der Waals surface area (Å²) >= 11 is 0. The molecule has 0 atom stereocenters. The van der Waals surface area contributed by atoms with Crippen LogP contribution in [0.25, 0.3) is 0 Å². The average molecular weight is 230 g/mol. The van der Waals surface area contributed by atoms with Gasteiger partial charge in [-0.25, -0.2) is 0 Å². The first-order chi connectivity index (χ1) is 8.16. The number of nitrogens with one attached hydrogen (secondary N) is 1. The number of aromatic nitrogens is 1. The molecule has 2 aromatic rings. The van der Waals surface area contributed by atoms with Crippen molar-refractivity contribution in [1.29, 1.82) is 0 Å². The second kappa shape index (κ2) is 4.82. The Morgan fingerprint density at radius 2 is 2.18 bits per heavy atom. The number of hydrogen-bond acceptors (Lipinski definition) is 3. The molecule has 1 N–H and O–H groups in total. The van der Waals surface area contributed by atoms with Crippen LogP contribution in [0.5, 0.6) is 0 Å². The van der Waals surface area contributed by atoms with Crippen LogP contribution in [0.1, 0.15) is 16.8 Å². The van der Waals surface area contributed by atoms with Crippen LogP contribution >= 0.6 is 0 Å². The van der Waals surface area contributed by atoms with Gasteiger partial charge < -0.3 is 9.84 Å². The van der Waals surface area contributed by atoms with E-state index in [0.717, 1.165) is 16.8 Å². The summed E-state index contributed by atoms with van der Waals surface area (Å²) in [6.45, 7) is 4.00. The number of nitrogens with zero attached hydrogens (tertiary/aromatic N) is 1. The smallest absolute Gasteiger partial charge is 0.230 e. The maximum absolute atomic E-state index is 11.8. The summed E-state index contributed by atoms with van der Waals surface area (Å²) in [5.74, 6) is -0.0902. The number of hydrogen-bond donors (Lipinski definition) is 1. The molecule has 0 saturated carbocycles. The quantitative estimate of drug-likeness (QED) is 0.881. The highest BCUT2D eigenvalue weighted by Gasteiger charge is 2.08. The van der Waals surface area contributed by atoms with Gasteiger partial charge in [0.05, 0.1) is 12.1 Å². The Bertz CT molecular complexity index is 518. The molecule has 1 aromatic carbocycles. The summed E-state index contributed by atoms with van der Waals surface area (Å²) in [5, 5.41) is 6.57. The van der Waals surface area contributed by atoms with E-state index in [-0.39, 0.29) is 12.3 Å². The molecule has 0 fully saturated rings. The molecule has 0 aliphatic rings. The van der Waals surface area contributed by atoms with Crippen molar-refractivity contribution in [1.82, 2.24) is 5.16 Å². The van der Waals surface area contributed by atoms with Gasteiger partial charge in [0.15, 0.2) is 0 Å². The molecule has 1 amide bonds. The molecule has 1 heterocycles. The van der Waals surface area contributed by atoms with Crippen LogP contribution in [0.4, 0.5) is 5.69 Å². The fourth-order valence-electron chi connectivity index (χ4n) is 1.57. The Balaban J connectivity index is 2.06. The maximum Gasteiger partial charge on any atom is 0.230 e. The van der Waals surface area contributed by atoms with Gasteiger partial charge >= 0.3 is 0 Å². The van der Waals surface area contributed by atoms with E-state index in [9.17, 15) is 4.79 Å². The van der Waals surface area contributed by atoms with Crippen molar-refractivity contribution in [3.05, 3.63) is 47.3 Å². The predicted molar refractivity (Wildman–Crippen MR) is 64.8 cm³/mol. The molecule has 0 aliphatic heterocycles. The first-order valence-corrected chi connectivity index (χ1v) is 5.42. The van der Waals surface area contributed by atoms with Gasteiger partial charge in [-0.1, -0.05) is 17.3 Å². The molecule has 2 rings (SSSR count). The van der Waals surface area contributed by atoms with Crippen LogP contribution in [0.15, 0.2) is 35.1 Å². The maximum atomic E-state index is 11.8. The Morgan fingerprint density at radius 1 is 1.35 bits per heavy atom. The van der Waals surface area contributed by atoms with E-state index in [0.29, 0.717) is 5.69 Å². The van der Waals surface area contributed by atoms with Gasteiger partial charge in [0.1, 0.15) is 6.26 Å². The highest BCUT2D eigenvalue weighted by molar-refractivity contribution is 5.92. The standard InChI is InChI=1S/C13H14N2O2/c1-9-4-3-5-12(10(9)2)14-13(16)8-11-6-7-17-15-11/h3-7H,8H2,1-2H3,(H,14,16). The number of aryl methyl sites for hydroxylation is 1. The number of benzene rings is 1. The minimum absolute atomic E-state index is 0.0902. The fraction of sp³-hybridized carbons (Fsp3) is 0.231. The first-order valence-electron chi connectivity index (χ1n) is 5.42. The third-order valence-electron chi connectivity index (χ3n) is 2.71. The van der Waals surface area contributed by atoms with Gasteiger partial charge in [0.2, 0.25) is 5.91 Å². The normalized spacial score (nSPS) is 10.2. The van der Waals surface area contributed by atoms with Crippen molar-refractivity contribution in [3.8, 4) is 0 Å². The van der Waals surface area contributed by atoms with E-state index in [4.69, 9.17) is 0 Å². The van der Waals surface area contributed by atoms with E-state index in [1.807, 2.05) is 32.0 Å². The molecule has 17 heavy (non-hydrogen) atoms. The number of anilines is 1. The molecule has 0 radical (unpaired) electrons. The minimum atomic E-state index is -0.0902. The molecule has 4 nitrogen and oxygen atoms in total. The molecular formula is C13H14N2O2. The monoisotopic (exact) mass is 230 g/mol. The van der Waals surface area contributed by atoms with Gasteiger partial charge in [0.25, 0.3) is 0 Å². The molecule has 0 unspecified atom stereocenters. The van der Waals surface area contributed by atoms with Crippen LogP contribution in [-0.2, 0) is 11.2 Å². The van der Waals surface area contributed by atoms with Crippen LogP contribution < -0.4 is 5.32 Å². The summed E-state index contributed by atoms with van der Waals surface area (Å²) in [5.41, 5.74) is 3.72. The second-order valence-electron chi connectivity index (χ2n) is 3.96. The van der Waals surface area contributed by atoms with E-state index in [2.05, 4.69) is 15.0 Å². The van der Waals surface area contributed by atoms with Gasteiger partial charge in [-0.2, -0.15) is 0 Å². The highest BCUT2D eigenvalue weighted by atomic mass is 16.5. The lowest BCUT2D eigenvalue weighted by Crippen LogP contribution is -2.15. The van der Waals surface area contributed by atoms with Crippen LogP contribution in [0.3, 0.4) is 0 Å². The molecule has 88 valence electrons. The molecule has 0 bridgehead atoms. The molecule has 4 heteroatoms. The number of carbonyl (C=O) groups is 1. The van der Waals surface area contributed by atoms with Gasteiger partial charge in [-0.3, -0.25) is 4.79 Å². The lowest BCUT2D eigenvalue weighted by atomic mass is 10.1. The molecule has 0 spiro atoms. The van der Waals surface area contributed by atoms with Gasteiger partial charge in [0, 0.05) is 11.8 Å². The molecule has 0 saturated heterocycles. The first kappa shape index (κ1) is 11.4. The number of amides is 1. The van der Waals surface area contributed by atoms with Crippen molar-refractivity contribution < 1.29 is 9.32 Å². The zero-order valence-electron chi connectivity index (χ0n) is 9.86. The summed E-state index contributed by atoms with van der Waals surface area (Å²) in [6.07, 6.45) is 1.68. The van der Waals surface area contributed by atoms with Crippen LogP contribution in [-0.4, -0.2) is 11.1 Å². The Labute approximate surface area is 99.6 Å². The number of carbonyl (C=O) groups excluding carboxylic acids is 1. The van der Waals surface area contributed by atoms with Crippen molar-refractivity contribution in [2.24, 2.45) is 0 Å². The van der Waals surface area contributed by atoms with E-state index >= 15 is 0 Å². The van der Waals surface area contributed by atoms with Gasteiger partial charge in [-0.05, 0) is 31.0 Å². The third kappa shape index (κ3) is 2.72. The zero-order chi connectivity index (χ0) is 12.3. The SMILES string of the molecule is Cc1cccc(NC(=O)Cc2ccon2)c1C. The third-order valence-corrected chi connectivity index (χ3v) is 2.71. The highest BCUT2D eigenvalue weighted by Crippen LogP contribution is 2.18. The van der Waals surface area contributed by atoms with Crippen molar-refractivity contribution in [2.45, 2.75) is 20.3 Å². The van der Waals surface area contributed by atoms with Crippen LogP contribution in [0, 0.1) is 13.8 Å². The van der Waals surface area contributed by atoms with Crippen LogP contribution in [0.2, 0.25) is 0 Å². The van der Waals surface area contributed by atoms with Gasteiger partial charge in [-0.15, -0.1) is 0 Å². The molecule has 0 aliphatic carbocycles. The Morgan fingerprint density at radius 3 is 2.88 bits per heavy atom. The summed E-state index contributed by atoms with van der Waals surface area (Å²) in [6, 6.07) is 7.52. The summed E-state index contributed by atoms with van der Waals surface area (Å²) < 4.78 is 4.68. The number of rotatable bonds is 3. The Hall–Kier alpha value is -2.10. The lowest BCUT2D eigenvalue weighted by molar-refractivity contribution is -0.115. The lowest BCUT2D eigenvalue weighted by Gasteiger charge is -2.09. The summed E-state index contributed by atoms with van der Waals surface area (Å²) in [4.78, 5) is 11.8.